The Labute approximate surface area is 336 Å². The smallest absolute Gasteiger partial charge is 0.135 e. The summed E-state index contributed by atoms with van der Waals surface area (Å²) in [6.45, 7) is 2.30. The normalized spacial score (nSPS) is 21.5. The van der Waals surface area contributed by atoms with Crippen molar-refractivity contribution in [2.45, 2.75) is 31.5 Å². The molecule has 12 rings (SSSR count). The zero-order valence-corrected chi connectivity index (χ0v) is 31.9. The first kappa shape index (κ1) is 33.4. The predicted octanol–water partition coefficient (Wildman–Crippen LogP) is 11.7. The van der Waals surface area contributed by atoms with Crippen molar-refractivity contribution in [3.63, 3.8) is 0 Å². The molecule has 6 heteroatoms. The van der Waals surface area contributed by atoms with Crippen LogP contribution in [0.4, 0.5) is 0 Å². The number of nitrogens with zero attached hydrogens (tertiary/aromatic N) is 1. The van der Waals surface area contributed by atoms with Crippen molar-refractivity contribution in [1.82, 2.24) is 20.5 Å². The van der Waals surface area contributed by atoms with Crippen molar-refractivity contribution >= 4 is 54.9 Å². The van der Waals surface area contributed by atoms with Crippen LogP contribution in [-0.2, 0) is 0 Å². The number of allylic oxidation sites excluding steroid dienone is 2. The van der Waals surface area contributed by atoms with E-state index in [-0.39, 0.29) is 30.5 Å². The van der Waals surface area contributed by atoms with Gasteiger partial charge in [0.25, 0.3) is 0 Å². The molecule has 0 saturated carbocycles. The summed E-state index contributed by atoms with van der Waals surface area (Å²) in [6.07, 6.45) is 4.21. The standard InChI is InChI=1S/C52H40N4O2/c1-31-35(27-28-38-48-43(23-13-25-46(48)58-49(31)38)56-41-21-10-8-18-36(41)37-19-9-11-22-42(37)56)34-26-29-44-40(30-34)47-39(20-12-24-45(47)57-44)52-54-50(32-14-4-2-5-15-32)53-51(55-52)33-16-6-3-7-17-33/h2-31,49-55H,1H3. The zero-order valence-electron chi connectivity index (χ0n) is 31.9. The molecule has 280 valence electrons. The van der Waals surface area contributed by atoms with Crippen LogP contribution in [0.1, 0.15) is 53.2 Å². The van der Waals surface area contributed by atoms with Crippen molar-refractivity contribution in [1.29, 1.82) is 0 Å². The van der Waals surface area contributed by atoms with E-state index in [1.165, 1.54) is 55.2 Å². The number of rotatable bonds is 5. The van der Waals surface area contributed by atoms with Gasteiger partial charge < -0.3 is 13.7 Å². The summed E-state index contributed by atoms with van der Waals surface area (Å²) >= 11 is 0. The first-order valence-electron chi connectivity index (χ1n) is 20.2. The number of hydrogen-bond donors (Lipinski definition) is 3. The second-order valence-corrected chi connectivity index (χ2v) is 15.7. The fourth-order valence-electron chi connectivity index (χ4n) is 9.80. The predicted molar refractivity (Wildman–Crippen MR) is 235 cm³/mol. The van der Waals surface area contributed by atoms with E-state index in [2.05, 4.69) is 203 Å². The van der Waals surface area contributed by atoms with Crippen LogP contribution >= 0.6 is 0 Å². The summed E-state index contributed by atoms with van der Waals surface area (Å²) in [7, 11) is 0. The van der Waals surface area contributed by atoms with Crippen molar-refractivity contribution in [3.8, 4) is 11.4 Å². The van der Waals surface area contributed by atoms with E-state index < -0.39 is 0 Å². The second kappa shape index (κ2) is 13.2. The lowest BCUT2D eigenvalue weighted by Crippen LogP contribution is -2.54. The van der Waals surface area contributed by atoms with Gasteiger partial charge in [0.15, 0.2) is 0 Å². The second-order valence-electron chi connectivity index (χ2n) is 15.7. The summed E-state index contributed by atoms with van der Waals surface area (Å²) in [5.41, 5.74) is 13.6. The van der Waals surface area contributed by atoms with E-state index in [4.69, 9.17) is 9.15 Å². The third-order valence-corrected chi connectivity index (χ3v) is 12.5. The molecule has 3 N–H and O–H groups in total. The Morgan fingerprint density at radius 3 is 1.84 bits per heavy atom. The third-order valence-electron chi connectivity index (χ3n) is 12.5. The highest BCUT2D eigenvalue weighted by Crippen LogP contribution is 2.50. The minimum absolute atomic E-state index is 0.0677. The lowest BCUT2D eigenvalue weighted by Gasteiger charge is -2.39. The van der Waals surface area contributed by atoms with Crippen LogP contribution < -0.4 is 20.7 Å². The topological polar surface area (TPSA) is 63.4 Å². The summed E-state index contributed by atoms with van der Waals surface area (Å²) in [5, 5.41) is 16.3. The zero-order chi connectivity index (χ0) is 38.3. The molecule has 6 nitrogen and oxygen atoms in total. The van der Waals surface area contributed by atoms with E-state index in [0.717, 1.165) is 38.9 Å². The summed E-state index contributed by atoms with van der Waals surface area (Å²) in [4.78, 5) is 0. The van der Waals surface area contributed by atoms with Crippen molar-refractivity contribution < 1.29 is 9.15 Å². The van der Waals surface area contributed by atoms with Crippen LogP contribution in [0.2, 0.25) is 0 Å². The van der Waals surface area contributed by atoms with Gasteiger partial charge in [-0.2, -0.15) is 0 Å². The van der Waals surface area contributed by atoms with Crippen LogP contribution in [-0.4, -0.2) is 10.7 Å². The van der Waals surface area contributed by atoms with Crippen LogP contribution in [0.5, 0.6) is 5.75 Å². The van der Waals surface area contributed by atoms with E-state index >= 15 is 0 Å². The molecule has 1 saturated heterocycles. The van der Waals surface area contributed by atoms with Gasteiger partial charge in [-0.1, -0.05) is 140 Å². The molecule has 4 atom stereocenters. The van der Waals surface area contributed by atoms with Crippen LogP contribution in [0, 0.1) is 5.92 Å². The molecule has 2 aliphatic heterocycles. The Morgan fingerprint density at radius 2 is 1.14 bits per heavy atom. The number of nitrogens with one attached hydrogen (secondary N) is 3. The Morgan fingerprint density at radius 1 is 0.517 bits per heavy atom. The summed E-state index contributed by atoms with van der Waals surface area (Å²) in [5.74, 6) is 1.04. The highest BCUT2D eigenvalue weighted by molar-refractivity contribution is 6.10. The largest absolute Gasteiger partial charge is 0.484 e. The number of fused-ring (bicyclic) bond motifs is 9. The van der Waals surface area contributed by atoms with E-state index in [1.54, 1.807) is 0 Å². The van der Waals surface area contributed by atoms with Gasteiger partial charge in [0.05, 0.1) is 35.2 Å². The fraction of sp³-hybridized carbons (Fsp3) is 0.115. The maximum atomic E-state index is 6.91. The van der Waals surface area contributed by atoms with Crippen molar-refractivity contribution in [3.05, 3.63) is 204 Å². The van der Waals surface area contributed by atoms with Gasteiger partial charge in [-0.05, 0) is 70.3 Å². The van der Waals surface area contributed by atoms with Crippen molar-refractivity contribution in [2.24, 2.45) is 5.92 Å². The SMILES string of the molecule is CC1C(c2ccc3oc4cccc(C5NC(c6ccccc6)NC(c6ccccc6)N5)c4c3c2)=CC=C2c3c(cccc3-n3c4ccccc4c4ccccc43)OC21. The quantitative estimate of drug-likeness (QED) is 0.163. The van der Waals surface area contributed by atoms with Gasteiger partial charge >= 0.3 is 0 Å². The maximum Gasteiger partial charge on any atom is 0.135 e. The molecular weight excluding hydrogens is 713 g/mol. The summed E-state index contributed by atoms with van der Waals surface area (Å²) in [6, 6.07) is 58.1. The summed E-state index contributed by atoms with van der Waals surface area (Å²) < 4.78 is 15.9. The molecule has 0 amide bonds. The molecule has 4 unspecified atom stereocenters. The Hall–Kier alpha value is -6.70. The minimum Gasteiger partial charge on any atom is -0.484 e. The molecule has 2 aromatic heterocycles. The van der Waals surface area contributed by atoms with E-state index in [0.29, 0.717) is 0 Å². The number of furan rings is 1. The van der Waals surface area contributed by atoms with E-state index in [1.807, 2.05) is 0 Å². The maximum absolute atomic E-state index is 6.91. The van der Waals surface area contributed by atoms with Crippen LogP contribution in [0.25, 0.3) is 60.6 Å². The molecule has 1 fully saturated rings. The molecule has 4 heterocycles. The van der Waals surface area contributed by atoms with E-state index in [9.17, 15) is 0 Å². The van der Waals surface area contributed by atoms with Gasteiger partial charge in [0.2, 0.25) is 0 Å². The third kappa shape index (κ3) is 5.16. The highest BCUT2D eigenvalue weighted by atomic mass is 16.5. The highest BCUT2D eigenvalue weighted by Gasteiger charge is 2.39. The van der Waals surface area contributed by atoms with Gasteiger partial charge in [0.1, 0.15) is 23.0 Å². The van der Waals surface area contributed by atoms with Gasteiger partial charge in [-0.15, -0.1) is 0 Å². The molecule has 0 bridgehead atoms. The molecule has 0 spiro atoms. The fourth-order valence-corrected chi connectivity index (χ4v) is 9.80. The van der Waals surface area contributed by atoms with Crippen LogP contribution in [0.3, 0.4) is 0 Å². The number of ether oxygens (including phenoxy) is 1. The van der Waals surface area contributed by atoms with Crippen molar-refractivity contribution in [2.75, 3.05) is 0 Å². The monoisotopic (exact) mass is 752 g/mol. The van der Waals surface area contributed by atoms with Crippen LogP contribution in [0.15, 0.2) is 180 Å². The average molecular weight is 753 g/mol. The Kier molecular flexibility index (Phi) is 7.60. The molecule has 9 aromatic rings. The number of benzene rings is 7. The molecule has 1 aliphatic carbocycles. The Bertz CT molecular complexity index is 3020. The number of hydrogen-bond acceptors (Lipinski definition) is 5. The number of para-hydroxylation sites is 2. The molecule has 0 radical (unpaired) electrons. The average Bonchev–Trinajstić information content (AvgIpc) is 3.97. The molecular formula is C52H40N4O2. The first-order chi connectivity index (χ1) is 28.7. The molecule has 58 heavy (non-hydrogen) atoms. The minimum atomic E-state index is -0.155. The molecule has 7 aromatic carbocycles. The first-order valence-corrected chi connectivity index (χ1v) is 20.2. The lowest BCUT2D eigenvalue weighted by molar-refractivity contribution is 0.204. The van der Waals surface area contributed by atoms with Gasteiger partial charge in [-0.3, -0.25) is 16.0 Å². The van der Waals surface area contributed by atoms with Gasteiger partial charge in [0, 0.05) is 38.6 Å². The number of aromatic nitrogens is 1. The Balaban J connectivity index is 0.950. The van der Waals surface area contributed by atoms with Gasteiger partial charge in [-0.25, -0.2) is 0 Å². The lowest BCUT2D eigenvalue weighted by atomic mass is 9.80. The molecule has 3 aliphatic rings.